The Bertz CT molecular complexity index is 382. The van der Waals surface area contributed by atoms with Gasteiger partial charge in [0.25, 0.3) is 0 Å². The summed E-state index contributed by atoms with van der Waals surface area (Å²) >= 11 is 1.52. The van der Waals surface area contributed by atoms with E-state index in [0.717, 1.165) is 23.3 Å². The monoisotopic (exact) mass is 222 g/mol. The van der Waals surface area contributed by atoms with Gasteiger partial charge in [-0.25, -0.2) is 0 Å². The predicted molar refractivity (Wildman–Crippen MR) is 60.4 cm³/mol. The first kappa shape index (κ1) is 10.6. The summed E-state index contributed by atoms with van der Waals surface area (Å²) in [5.74, 6) is 0.636. The molecule has 0 bridgehead atoms. The van der Waals surface area contributed by atoms with Crippen LogP contribution in [0.3, 0.4) is 0 Å². The Morgan fingerprint density at radius 3 is 2.60 bits per heavy atom. The van der Waals surface area contributed by atoms with Crippen LogP contribution >= 0.6 is 11.3 Å². The highest BCUT2D eigenvalue weighted by Gasteiger charge is 2.26. The fraction of sp³-hybridized carbons (Fsp3) is 0.500. The third-order valence-electron chi connectivity index (χ3n) is 3.00. The molecule has 2 rings (SSSR count). The lowest BCUT2D eigenvalue weighted by Crippen LogP contribution is -2.21. The molecule has 1 aromatic rings. The molecule has 0 saturated heterocycles. The molecule has 15 heavy (non-hydrogen) atoms. The van der Waals surface area contributed by atoms with Crippen molar-refractivity contribution in [1.29, 1.82) is 0 Å². The zero-order chi connectivity index (χ0) is 10.8. The zero-order valence-electron chi connectivity index (χ0n) is 8.79. The third kappa shape index (κ3) is 2.17. The van der Waals surface area contributed by atoms with Gasteiger partial charge in [-0.2, -0.15) is 0 Å². The van der Waals surface area contributed by atoms with Crippen molar-refractivity contribution >= 4 is 22.9 Å². The summed E-state index contributed by atoms with van der Waals surface area (Å²) in [6.07, 6.45) is 2.66. The van der Waals surface area contributed by atoms with E-state index >= 15 is 0 Å². The van der Waals surface area contributed by atoms with Gasteiger partial charge in [0, 0.05) is 18.8 Å². The van der Waals surface area contributed by atoms with Crippen LogP contribution in [-0.4, -0.2) is 11.6 Å². The standard InChI is InChI=1S/C12H14O2S/c1-8-6-7-15-12(8)11(14)9-2-4-10(13)5-3-9/h6-7,9H,2-5H2,1H3. The van der Waals surface area contributed by atoms with Crippen molar-refractivity contribution in [3.63, 3.8) is 0 Å². The second kappa shape index (κ2) is 4.27. The van der Waals surface area contributed by atoms with E-state index in [4.69, 9.17) is 0 Å². The number of Topliss-reactive ketones (excluding diaryl/α,β-unsaturated/α-hetero) is 2. The van der Waals surface area contributed by atoms with Crippen molar-refractivity contribution in [1.82, 2.24) is 0 Å². The molecule has 0 unspecified atom stereocenters. The average Bonchev–Trinajstić information content (AvgIpc) is 2.65. The minimum atomic E-state index is 0.0834. The Labute approximate surface area is 93.3 Å². The first-order valence-corrected chi connectivity index (χ1v) is 6.16. The minimum absolute atomic E-state index is 0.0834. The van der Waals surface area contributed by atoms with Crippen LogP contribution in [0.5, 0.6) is 0 Å². The predicted octanol–water partition coefficient (Wildman–Crippen LogP) is 3.00. The van der Waals surface area contributed by atoms with Gasteiger partial charge in [0.15, 0.2) is 5.78 Å². The number of hydrogen-bond acceptors (Lipinski definition) is 3. The number of thiophene rings is 1. The van der Waals surface area contributed by atoms with Crippen molar-refractivity contribution in [2.24, 2.45) is 5.92 Å². The van der Waals surface area contributed by atoms with E-state index in [1.165, 1.54) is 11.3 Å². The van der Waals surface area contributed by atoms with Gasteiger partial charge < -0.3 is 0 Å². The van der Waals surface area contributed by atoms with Crippen LogP contribution < -0.4 is 0 Å². The van der Waals surface area contributed by atoms with E-state index < -0.39 is 0 Å². The molecule has 0 aromatic carbocycles. The minimum Gasteiger partial charge on any atom is -0.300 e. The van der Waals surface area contributed by atoms with Gasteiger partial charge >= 0.3 is 0 Å². The largest absolute Gasteiger partial charge is 0.300 e. The molecule has 1 saturated carbocycles. The molecule has 0 spiro atoms. The van der Waals surface area contributed by atoms with Crippen LogP contribution in [0.4, 0.5) is 0 Å². The number of rotatable bonds is 2. The zero-order valence-corrected chi connectivity index (χ0v) is 9.60. The van der Waals surface area contributed by atoms with E-state index in [0.29, 0.717) is 18.6 Å². The third-order valence-corrected chi connectivity index (χ3v) is 4.03. The smallest absolute Gasteiger partial charge is 0.176 e. The second-order valence-corrected chi connectivity index (χ2v) is 5.03. The van der Waals surface area contributed by atoms with Crippen molar-refractivity contribution < 1.29 is 9.59 Å². The number of hydrogen-bond donors (Lipinski definition) is 0. The summed E-state index contributed by atoms with van der Waals surface area (Å²) in [5, 5.41) is 1.95. The van der Waals surface area contributed by atoms with Crippen molar-refractivity contribution in [3.05, 3.63) is 21.9 Å². The fourth-order valence-corrected chi connectivity index (χ4v) is 2.96. The van der Waals surface area contributed by atoms with Crippen LogP contribution in [0.25, 0.3) is 0 Å². The maximum atomic E-state index is 12.1. The number of carbonyl (C=O) groups excluding carboxylic acids is 2. The van der Waals surface area contributed by atoms with E-state index in [1.54, 1.807) is 0 Å². The molecular weight excluding hydrogens is 208 g/mol. The quantitative estimate of drug-likeness (QED) is 0.721. The molecule has 1 aliphatic rings. The molecular formula is C12H14O2S. The van der Waals surface area contributed by atoms with Crippen LogP contribution in [0.1, 0.15) is 40.9 Å². The van der Waals surface area contributed by atoms with Crippen LogP contribution in [0.15, 0.2) is 11.4 Å². The molecule has 0 atom stereocenters. The molecule has 1 aliphatic carbocycles. The van der Waals surface area contributed by atoms with Crippen molar-refractivity contribution in [2.75, 3.05) is 0 Å². The van der Waals surface area contributed by atoms with Crippen LogP contribution in [0.2, 0.25) is 0 Å². The molecule has 0 aliphatic heterocycles. The molecule has 0 radical (unpaired) electrons. The van der Waals surface area contributed by atoms with Gasteiger partial charge in [-0.3, -0.25) is 9.59 Å². The van der Waals surface area contributed by atoms with Crippen molar-refractivity contribution in [2.45, 2.75) is 32.6 Å². The second-order valence-electron chi connectivity index (χ2n) is 4.11. The maximum Gasteiger partial charge on any atom is 0.176 e. The fourth-order valence-electron chi connectivity index (χ4n) is 2.01. The Balaban J connectivity index is 2.09. The Kier molecular flexibility index (Phi) is 3.00. The summed E-state index contributed by atoms with van der Waals surface area (Å²) in [6.45, 7) is 1.97. The lowest BCUT2D eigenvalue weighted by atomic mass is 9.84. The number of aryl methyl sites for hydroxylation is 1. The van der Waals surface area contributed by atoms with Crippen molar-refractivity contribution in [3.8, 4) is 0 Å². The van der Waals surface area contributed by atoms with E-state index in [9.17, 15) is 9.59 Å². The molecule has 1 fully saturated rings. The Morgan fingerprint density at radius 1 is 1.40 bits per heavy atom. The summed E-state index contributed by atoms with van der Waals surface area (Å²) in [4.78, 5) is 24.0. The van der Waals surface area contributed by atoms with E-state index in [-0.39, 0.29) is 11.7 Å². The molecule has 3 heteroatoms. The lowest BCUT2D eigenvalue weighted by molar-refractivity contribution is -0.120. The molecule has 1 heterocycles. The molecule has 80 valence electrons. The van der Waals surface area contributed by atoms with Gasteiger partial charge in [0.2, 0.25) is 0 Å². The Hall–Kier alpha value is -0.960. The Morgan fingerprint density at radius 2 is 2.07 bits per heavy atom. The highest BCUT2D eigenvalue weighted by molar-refractivity contribution is 7.12. The lowest BCUT2D eigenvalue weighted by Gasteiger charge is -2.19. The van der Waals surface area contributed by atoms with Crippen LogP contribution in [0, 0.1) is 12.8 Å². The molecule has 2 nitrogen and oxygen atoms in total. The SMILES string of the molecule is Cc1ccsc1C(=O)C1CCC(=O)CC1. The van der Waals surface area contributed by atoms with Gasteiger partial charge in [-0.1, -0.05) is 0 Å². The normalized spacial score (nSPS) is 18.1. The van der Waals surface area contributed by atoms with Gasteiger partial charge in [0.05, 0.1) is 4.88 Å². The summed E-state index contributed by atoms with van der Waals surface area (Å²) in [6, 6.07) is 1.98. The summed E-state index contributed by atoms with van der Waals surface area (Å²) in [5.41, 5.74) is 1.07. The maximum absolute atomic E-state index is 12.1. The first-order valence-electron chi connectivity index (χ1n) is 5.28. The highest BCUT2D eigenvalue weighted by atomic mass is 32.1. The summed E-state index contributed by atoms with van der Waals surface area (Å²) < 4.78 is 0. The van der Waals surface area contributed by atoms with Gasteiger partial charge in [-0.05, 0) is 36.8 Å². The first-order chi connectivity index (χ1) is 7.18. The topological polar surface area (TPSA) is 34.1 Å². The molecule has 0 amide bonds. The number of carbonyl (C=O) groups is 2. The van der Waals surface area contributed by atoms with Gasteiger partial charge in [0.1, 0.15) is 5.78 Å². The van der Waals surface area contributed by atoms with Gasteiger partial charge in [-0.15, -0.1) is 11.3 Å². The average molecular weight is 222 g/mol. The number of ketones is 2. The highest BCUT2D eigenvalue weighted by Crippen LogP contribution is 2.28. The molecule has 1 aromatic heterocycles. The summed E-state index contributed by atoms with van der Waals surface area (Å²) in [7, 11) is 0. The molecule has 0 N–H and O–H groups in total. The van der Waals surface area contributed by atoms with E-state index in [2.05, 4.69) is 0 Å². The van der Waals surface area contributed by atoms with Crippen LogP contribution in [-0.2, 0) is 4.79 Å². The van der Waals surface area contributed by atoms with E-state index in [1.807, 2.05) is 18.4 Å².